The average molecular weight is 373 g/mol. The topological polar surface area (TPSA) is 119 Å². The van der Waals surface area contributed by atoms with E-state index in [-0.39, 0.29) is 17.3 Å². The molecule has 0 saturated carbocycles. The van der Waals surface area contributed by atoms with E-state index in [1.807, 2.05) is 37.3 Å². The van der Waals surface area contributed by atoms with Crippen LogP contribution >= 0.6 is 0 Å². The first kappa shape index (κ1) is 17.3. The number of anilines is 4. The summed E-state index contributed by atoms with van der Waals surface area (Å²) in [5.41, 5.74) is 1.86. The molecule has 0 radical (unpaired) electrons. The van der Waals surface area contributed by atoms with Crippen LogP contribution in [0.5, 0.6) is 0 Å². The van der Waals surface area contributed by atoms with Crippen molar-refractivity contribution in [1.29, 1.82) is 0 Å². The third kappa shape index (κ3) is 3.28. The first-order chi connectivity index (χ1) is 13.6. The number of nitro groups is 1. The zero-order valence-corrected chi connectivity index (χ0v) is 14.8. The molecule has 3 heterocycles. The molecule has 28 heavy (non-hydrogen) atoms. The molecule has 0 spiro atoms. The van der Waals surface area contributed by atoms with E-state index in [1.165, 1.54) is 6.33 Å². The lowest BCUT2D eigenvalue weighted by atomic mass is 10.2. The van der Waals surface area contributed by atoms with E-state index in [4.69, 9.17) is 0 Å². The van der Waals surface area contributed by atoms with Crippen LogP contribution in [0.1, 0.15) is 5.56 Å². The number of aryl methyl sites for hydroxylation is 1. The number of para-hydroxylation sites is 1. The molecule has 0 amide bonds. The first-order valence-electron chi connectivity index (χ1n) is 8.42. The van der Waals surface area contributed by atoms with E-state index in [2.05, 4.69) is 30.6 Å². The third-order valence-electron chi connectivity index (χ3n) is 4.14. The summed E-state index contributed by atoms with van der Waals surface area (Å²) < 4.78 is 0. The van der Waals surface area contributed by atoms with Crippen molar-refractivity contribution in [3.8, 4) is 0 Å². The highest BCUT2D eigenvalue weighted by Crippen LogP contribution is 2.34. The summed E-state index contributed by atoms with van der Waals surface area (Å²) in [4.78, 5) is 27.9. The Balaban J connectivity index is 1.77. The Labute approximate surface area is 159 Å². The lowest BCUT2D eigenvalue weighted by molar-refractivity contribution is -0.383. The van der Waals surface area contributed by atoms with Gasteiger partial charge in [-0.25, -0.2) is 15.0 Å². The van der Waals surface area contributed by atoms with Crippen molar-refractivity contribution >= 4 is 39.7 Å². The molecule has 9 nitrogen and oxygen atoms in total. The molecule has 1 aromatic carbocycles. The smallest absolute Gasteiger partial charge is 0.332 e. The van der Waals surface area contributed by atoms with Crippen LogP contribution in [-0.4, -0.2) is 24.9 Å². The van der Waals surface area contributed by atoms with Gasteiger partial charge in [0, 0.05) is 17.8 Å². The van der Waals surface area contributed by atoms with E-state index < -0.39 is 4.92 Å². The van der Waals surface area contributed by atoms with Gasteiger partial charge < -0.3 is 10.6 Å². The molecule has 0 aliphatic heterocycles. The van der Waals surface area contributed by atoms with E-state index >= 15 is 0 Å². The number of benzene rings is 1. The van der Waals surface area contributed by atoms with Gasteiger partial charge in [0.25, 0.3) is 0 Å². The highest BCUT2D eigenvalue weighted by molar-refractivity contribution is 5.92. The number of pyridine rings is 2. The summed E-state index contributed by atoms with van der Waals surface area (Å²) in [6, 6.07) is 12.9. The summed E-state index contributed by atoms with van der Waals surface area (Å²) in [5.74, 6) is 0.605. The van der Waals surface area contributed by atoms with Crippen LogP contribution in [0.4, 0.5) is 28.8 Å². The number of nitrogens with zero attached hydrogens (tertiary/aromatic N) is 5. The fourth-order valence-corrected chi connectivity index (χ4v) is 2.80. The van der Waals surface area contributed by atoms with Crippen LogP contribution in [0.15, 0.2) is 61.2 Å². The predicted octanol–water partition coefficient (Wildman–Crippen LogP) is 4.12. The second kappa shape index (κ2) is 7.23. The number of rotatable bonds is 5. The van der Waals surface area contributed by atoms with Crippen molar-refractivity contribution in [1.82, 2.24) is 19.9 Å². The minimum Gasteiger partial charge on any atom is -0.332 e. The number of nitrogens with one attached hydrogen (secondary N) is 2. The summed E-state index contributed by atoms with van der Waals surface area (Å²) in [7, 11) is 0. The van der Waals surface area contributed by atoms with Crippen LogP contribution in [-0.2, 0) is 0 Å². The fourth-order valence-electron chi connectivity index (χ4n) is 2.80. The molecule has 3 aromatic heterocycles. The van der Waals surface area contributed by atoms with Gasteiger partial charge in [0.2, 0.25) is 11.6 Å². The van der Waals surface area contributed by atoms with Crippen LogP contribution < -0.4 is 10.6 Å². The summed E-state index contributed by atoms with van der Waals surface area (Å²) in [6.07, 6.45) is 4.52. The van der Waals surface area contributed by atoms with Crippen molar-refractivity contribution in [2.45, 2.75) is 6.92 Å². The quantitative estimate of drug-likeness (QED) is 0.396. The summed E-state index contributed by atoms with van der Waals surface area (Å²) in [5, 5.41) is 18.6. The third-order valence-corrected chi connectivity index (χ3v) is 4.14. The van der Waals surface area contributed by atoms with Gasteiger partial charge in [-0.05, 0) is 30.7 Å². The fraction of sp³-hybridized carbons (Fsp3) is 0.0526. The van der Waals surface area contributed by atoms with Gasteiger partial charge in [0.1, 0.15) is 12.1 Å². The van der Waals surface area contributed by atoms with E-state index in [0.717, 1.165) is 10.9 Å². The Bertz CT molecular complexity index is 1170. The molecule has 4 rings (SSSR count). The number of hydrogen-bond acceptors (Lipinski definition) is 8. The van der Waals surface area contributed by atoms with E-state index in [1.54, 1.807) is 24.5 Å². The molecule has 0 fully saturated rings. The molecule has 0 aliphatic carbocycles. The van der Waals surface area contributed by atoms with Gasteiger partial charge in [0.15, 0.2) is 0 Å². The van der Waals surface area contributed by atoms with Gasteiger partial charge in [-0.3, -0.25) is 15.1 Å². The Morgan fingerprint density at radius 3 is 2.36 bits per heavy atom. The van der Waals surface area contributed by atoms with Crippen molar-refractivity contribution < 1.29 is 4.92 Å². The van der Waals surface area contributed by atoms with Gasteiger partial charge in [-0.2, -0.15) is 0 Å². The minimum absolute atomic E-state index is 0.0532. The molecule has 0 bridgehead atoms. The molecule has 0 atom stereocenters. The maximum atomic E-state index is 11.8. The molecule has 0 aliphatic rings. The lowest BCUT2D eigenvalue weighted by Gasteiger charge is -2.11. The summed E-state index contributed by atoms with van der Waals surface area (Å²) >= 11 is 0. The SMILES string of the molecule is Cc1cccnc1Nc1ncnc(Nc2cccc3cccnc23)c1[N+](=O)[O-]. The van der Waals surface area contributed by atoms with Crippen molar-refractivity contribution in [2.75, 3.05) is 10.6 Å². The monoisotopic (exact) mass is 373 g/mol. The predicted molar refractivity (Wildman–Crippen MR) is 106 cm³/mol. The molecule has 138 valence electrons. The lowest BCUT2D eigenvalue weighted by Crippen LogP contribution is -2.07. The molecule has 9 heteroatoms. The second-order valence-electron chi connectivity index (χ2n) is 5.98. The minimum atomic E-state index is -0.526. The Hall–Kier alpha value is -4.14. The van der Waals surface area contributed by atoms with Crippen molar-refractivity contribution in [3.05, 3.63) is 76.9 Å². The van der Waals surface area contributed by atoms with Gasteiger partial charge in [0.05, 0.1) is 16.1 Å². The molecular formula is C19H15N7O2. The van der Waals surface area contributed by atoms with Crippen molar-refractivity contribution in [2.24, 2.45) is 0 Å². The Morgan fingerprint density at radius 1 is 0.857 bits per heavy atom. The maximum absolute atomic E-state index is 11.8. The van der Waals surface area contributed by atoms with Crippen molar-refractivity contribution in [3.63, 3.8) is 0 Å². The van der Waals surface area contributed by atoms with Crippen LogP contribution in [0.2, 0.25) is 0 Å². The van der Waals surface area contributed by atoms with E-state index in [9.17, 15) is 10.1 Å². The Morgan fingerprint density at radius 2 is 1.57 bits per heavy atom. The highest BCUT2D eigenvalue weighted by atomic mass is 16.6. The average Bonchev–Trinajstić information content (AvgIpc) is 2.70. The standard InChI is InChI=1S/C19H15N7O2/c1-12-5-3-10-21-17(12)25-19-16(26(27)28)18(22-11-23-19)24-14-8-2-6-13-7-4-9-20-15(13)14/h2-11H,1H3,(H2,21,22,23,24,25). The van der Waals surface area contributed by atoms with Gasteiger partial charge in [-0.1, -0.05) is 24.3 Å². The first-order valence-corrected chi connectivity index (χ1v) is 8.42. The number of hydrogen-bond donors (Lipinski definition) is 2. The Kier molecular flexibility index (Phi) is 4.47. The van der Waals surface area contributed by atoms with Crippen LogP contribution in [0.3, 0.4) is 0 Å². The van der Waals surface area contributed by atoms with E-state index in [0.29, 0.717) is 17.0 Å². The largest absolute Gasteiger partial charge is 0.353 e. The molecule has 2 N–H and O–H groups in total. The molecular weight excluding hydrogens is 358 g/mol. The maximum Gasteiger partial charge on any atom is 0.353 e. The second-order valence-corrected chi connectivity index (χ2v) is 5.98. The number of aromatic nitrogens is 4. The molecule has 4 aromatic rings. The van der Waals surface area contributed by atoms with Crippen LogP contribution in [0, 0.1) is 17.0 Å². The van der Waals surface area contributed by atoms with Gasteiger partial charge in [-0.15, -0.1) is 0 Å². The molecule has 0 unspecified atom stereocenters. The zero-order valence-electron chi connectivity index (χ0n) is 14.8. The zero-order chi connectivity index (χ0) is 19.5. The normalized spacial score (nSPS) is 10.6. The molecule has 0 saturated heterocycles. The number of fused-ring (bicyclic) bond motifs is 1. The van der Waals surface area contributed by atoms with Crippen LogP contribution in [0.25, 0.3) is 10.9 Å². The van der Waals surface area contributed by atoms with Gasteiger partial charge >= 0.3 is 5.69 Å². The summed E-state index contributed by atoms with van der Waals surface area (Å²) in [6.45, 7) is 1.85. The highest BCUT2D eigenvalue weighted by Gasteiger charge is 2.24.